The van der Waals surface area contributed by atoms with Gasteiger partial charge in [0.2, 0.25) is 23.6 Å². The third-order valence-electron chi connectivity index (χ3n) is 6.60. The number of benzene rings is 2. The van der Waals surface area contributed by atoms with E-state index in [0.29, 0.717) is 5.69 Å². The molecule has 234 valence electrons. The zero-order chi connectivity index (χ0) is 32.3. The zero-order valence-corrected chi connectivity index (χ0v) is 24.8. The van der Waals surface area contributed by atoms with Gasteiger partial charge in [-0.1, -0.05) is 32.9 Å². The first-order chi connectivity index (χ1) is 20.2. The van der Waals surface area contributed by atoms with Crippen LogP contribution in [-0.2, 0) is 25.6 Å². The predicted octanol–water partition coefficient (Wildman–Crippen LogP) is 1.32. The van der Waals surface area contributed by atoms with Gasteiger partial charge in [-0.05, 0) is 55.5 Å². The Morgan fingerprint density at radius 3 is 2.00 bits per heavy atom. The Labute approximate surface area is 249 Å². The first kappa shape index (κ1) is 34.6. The van der Waals surface area contributed by atoms with Crippen LogP contribution in [0, 0.1) is 16.0 Å². The number of hydrogen-bond acceptors (Lipinski definition) is 9. The number of nitro groups is 1. The van der Waals surface area contributed by atoms with Gasteiger partial charge in [0.15, 0.2) is 0 Å². The lowest BCUT2D eigenvalue weighted by Crippen LogP contribution is -2.60. The number of nitrogens with one attached hydrogen (secondary N) is 5. The highest BCUT2D eigenvalue weighted by molar-refractivity contribution is 5.98. The Morgan fingerprint density at radius 1 is 0.884 bits per heavy atom. The summed E-state index contributed by atoms with van der Waals surface area (Å²) in [7, 11) is 0. The maximum atomic E-state index is 13.2. The fourth-order valence-corrected chi connectivity index (χ4v) is 4.17. The second kappa shape index (κ2) is 16.2. The van der Waals surface area contributed by atoms with Gasteiger partial charge in [0, 0.05) is 24.7 Å². The molecule has 0 aliphatic carbocycles. The van der Waals surface area contributed by atoms with E-state index in [1.54, 1.807) is 32.9 Å². The van der Waals surface area contributed by atoms with Crippen molar-refractivity contribution >= 4 is 35.0 Å². The molecule has 0 aromatic heterocycles. The summed E-state index contributed by atoms with van der Waals surface area (Å²) in [5, 5.41) is 44.6. The van der Waals surface area contributed by atoms with Crippen LogP contribution >= 0.6 is 0 Å². The first-order valence-corrected chi connectivity index (χ1v) is 13.9. The molecule has 2 aromatic carbocycles. The van der Waals surface area contributed by atoms with Crippen LogP contribution in [0.2, 0.25) is 0 Å². The van der Waals surface area contributed by atoms with Crippen LogP contribution < -0.4 is 26.6 Å². The zero-order valence-electron chi connectivity index (χ0n) is 24.8. The number of non-ortho nitro benzene ring substituents is 1. The van der Waals surface area contributed by atoms with Crippen molar-refractivity contribution < 1.29 is 34.3 Å². The second-order valence-electron chi connectivity index (χ2n) is 10.5. The van der Waals surface area contributed by atoms with Gasteiger partial charge in [-0.25, -0.2) is 0 Å². The number of rotatable bonds is 15. The van der Waals surface area contributed by atoms with E-state index in [1.165, 1.54) is 50.2 Å². The number of amides is 4. The molecule has 43 heavy (non-hydrogen) atoms. The molecule has 4 amide bonds. The van der Waals surface area contributed by atoms with E-state index in [2.05, 4.69) is 26.6 Å². The Morgan fingerprint density at radius 2 is 1.49 bits per heavy atom. The van der Waals surface area contributed by atoms with Crippen LogP contribution in [0.25, 0.3) is 0 Å². The molecule has 7 N–H and O–H groups in total. The number of carbonyl (C=O) groups excluding carboxylic acids is 4. The molecule has 0 fully saturated rings. The molecule has 2 aromatic rings. The number of nitrogens with zero attached hydrogens (tertiary/aromatic N) is 1. The molecule has 0 saturated carbocycles. The lowest BCUT2D eigenvalue weighted by atomic mass is 10.00. The second-order valence-corrected chi connectivity index (χ2v) is 10.5. The van der Waals surface area contributed by atoms with Crippen molar-refractivity contribution in [3.05, 3.63) is 64.2 Å². The van der Waals surface area contributed by atoms with Crippen molar-refractivity contribution in [2.45, 2.75) is 77.9 Å². The molecule has 0 heterocycles. The minimum Gasteiger partial charge on any atom is -0.508 e. The summed E-state index contributed by atoms with van der Waals surface area (Å²) in [5.74, 6) is -2.37. The number of hydrogen-bond donors (Lipinski definition) is 7. The SMILES string of the molecule is CCC(NC(=O)C(C)NC(=O)C(NC(O)C(Cc1ccc(O)cc1)NC(C)=O)C(C)C)C(=O)Nc1ccc([N+](=O)[O-])cc1. The van der Waals surface area contributed by atoms with Gasteiger partial charge in [-0.15, -0.1) is 0 Å². The fourth-order valence-electron chi connectivity index (χ4n) is 4.17. The number of phenols is 1. The van der Waals surface area contributed by atoms with Crippen molar-refractivity contribution in [2.24, 2.45) is 5.92 Å². The van der Waals surface area contributed by atoms with E-state index < -0.39 is 53.0 Å². The molecule has 0 spiro atoms. The Hall–Kier alpha value is -4.56. The van der Waals surface area contributed by atoms with Crippen molar-refractivity contribution in [1.82, 2.24) is 21.3 Å². The van der Waals surface area contributed by atoms with Crippen LogP contribution in [0.15, 0.2) is 48.5 Å². The summed E-state index contributed by atoms with van der Waals surface area (Å²) in [4.78, 5) is 60.9. The minimum absolute atomic E-state index is 0.0728. The molecule has 0 radical (unpaired) electrons. The van der Waals surface area contributed by atoms with E-state index in [9.17, 15) is 39.5 Å². The highest BCUT2D eigenvalue weighted by atomic mass is 16.6. The third-order valence-corrected chi connectivity index (χ3v) is 6.60. The molecule has 0 saturated heterocycles. The molecule has 0 aliphatic heterocycles. The summed E-state index contributed by atoms with van der Waals surface area (Å²) >= 11 is 0. The van der Waals surface area contributed by atoms with Crippen LogP contribution in [0.5, 0.6) is 5.75 Å². The summed E-state index contributed by atoms with van der Waals surface area (Å²) in [6.07, 6.45) is -0.897. The lowest BCUT2D eigenvalue weighted by Gasteiger charge is -2.31. The Kier molecular flexibility index (Phi) is 13.0. The molecule has 0 aliphatic rings. The van der Waals surface area contributed by atoms with Crippen LogP contribution in [0.1, 0.15) is 46.6 Å². The summed E-state index contributed by atoms with van der Waals surface area (Å²) in [6.45, 7) is 7.94. The van der Waals surface area contributed by atoms with Gasteiger partial charge in [0.05, 0.1) is 17.0 Å². The fraction of sp³-hybridized carbons (Fsp3) is 0.448. The summed E-state index contributed by atoms with van der Waals surface area (Å²) in [5.41, 5.74) is 0.918. The molecule has 2 rings (SSSR count). The number of anilines is 1. The maximum absolute atomic E-state index is 13.2. The van der Waals surface area contributed by atoms with Gasteiger partial charge in [0.25, 0.3) is 5.69 Å². The van der Waals surface area contributed by atoms with Crippen molar-refractivity contribution in [3.8, 4) is 5.75 Å². The normalized spacial score (nSPS) is 14.5. The maximum Gasteiger partial charge on any atom is 0.269 e. The van der Waals surface area contributed by atoms with Crippen LogP contribution in [-0.4, -0.2) is 69.2 Å². The molecular formula is C29H40N6O8. The molecule has 5 atom stereocenters. The quantitative estimate of drug-likeness (QED) is 0.0891. The molecular weight excluding hydrogens is 560 g/mol. The van der Waals surface area contributed by atoms with Gasteiger partial charge in [-0.2, -0.15) is 0 Å². The van der Waals surface area contributed by atoms with E-state index in [1.807, 2.05) is 0 Å². The van der Waals surface area contributed by atoms with E-state index in [4.69, 9.17) is 0 Å². The highest BCUT2D eigenvalue weighted by Crippen LogP contribution is 2.16. The van der Waals surface area contributed by atoms with Crippen LogP contribution in [0.4, 0.5) is 11.4 Å². The highest BCUT2D eigenvalue weighted by Gasteiger charge is 2.31. The van der Waals surface area contributed by atoms with Gasteiger partial charge < -0.3 is 31.5 Å². The van der Waals surface area contributed by atoms with Gasteiger partial charge in [-0.3, -0.25) is 34.6 Å². The van der Waals surface area contributed by atoms with Crippen molar-refractivity contribution in [1.29, 1.82) is 0 Å². The number of phenolic OH excluding ortho intramolecular Hbond substituents is 1. The standard InChI is InChI=1S/C29H40N6O8/c1-6-23(27(39)32-20-9-11-21(12-10-20)35(42)43)33-26(38)17(4)30-29(41)25(16(2)3)34-28(40)24(31-18(5)36)15-19-7-13-22(37)14-8-19/h7-14,16-17,23-25,28,34,37,40H,6,15H2,1-5H3,(H,30,41)(H,31,36)(H,32,39)(H,33,38). The van der Waals surface area contributed by atoms with Crippen LogP contribution in [0.3, 0.4) is 0 Å². The molecule has 5 unspecified atom stereocenters. The van der Waals surface area contributed by atoms with Gasteiger partial charge >= 0.3 is 0 Å². The molecule has 14 heteroatoms. The minimum atomic E-state index is -1.34. The topological polar surface area (TPSA) is 212 Å². The number of carbonyl (C=O) groups is 4. The number of aliphatic hydroxyl groups is 1. The van der Waals surface area contributed by atoms with Crippen molar-refractivity contribution in [3.63, 3.8) is 0 Å². The summed E-state index contributed by atoms with van der Waals surface area (Å²) < 4.78 is 0. The largest absolute Gasteiger partial charge is 0.508 e. The van der Waals surface area contributed by atoms with E-state index >= 15 is 0 Å². The first-order valence-electron chi connectivity index (χ1n) is 13.9. The summed E-state index contributed by atoms with van der Waals surface area (Å²) in [6, 6.07) is 7.77. The predicted molar refractivity (Wildman–Crippen MR) is 159 cm³/mol. The number of aliphatic hydroxyl groups excluding tert-OH is 1. The monoisotopic (exact) mass is 600 g/mol. The smallest absolute Gasteiger partial charge is 0.269 e. The van der Waals surface area contributed by atoms with Gasteiger partial charge in [0.1, 0.15) is 24.1 Å². The Balaban J connectivity index is 2.02. The Bertz CT molecular complexity index is 1270. The number of aromatic hydroxyl groups is 1. The van der Waals surface area contributed by atoms with E-state index in [0.717, 1.165) is 5.56 Å². The number of nitro benzene ring substituents is 1. The third kappa shape index (κ3) is 11.0. The lowest BCUT2D eigenvalue weighted by molar-refractivity contribution is -0.384. The van der Waals surface area contributed by atoms with E-state index in [-0.39, 0.29) is 36.1 Å². The average molecular weight is 601 g/mol. The molecule has 0 bridgehead atoms. The average Bonchev–Trinajstić information content (AvgIpc) is 2.94. The van der Waals surface area contributed by atoms with Crippen molar-refractivity contribution in [2.75, 3.05) is 5.32 Å². The molecule has 14 nitrogen and oxygen atoms in total.